The highest BCUT2D eigenvalue weighted by Crippen LogP contribution is 2.34. The van der Waals surface area contributed by atoms with Gasteiger partial charge in [0.05, 0.1) is 22.0 Å². The molecule has 28 heavy (non-hydrogen) atoms. The van der Waals surface area contributed by atoms with Crippen LogP contribution in [0.25, 0.3) is 0 Å². The summed E-state index contributed by atoms with van der Waals surface area (Å²) in [7, 11) is 0. The largest absolute Gasteiger partial charge is 0.488 e. The van der Waals surface area contributed by atoms with Crippen LogP contribution in [0, 0.1) is 12.8 Å². The molecule has 2 N–H and O–H groups in total. The molecule has 5 nitrogen and oxygen atoms in total. The fourth-order valence-corrected chi connectivity index (χ4v) is 6.33. The van der Waals surface area contributed by atoms with E-state index in [-0.39, 0.29) is 12.2 Å². The molecule has 0 radical (unpaired) electrons. The predicted octanol–water partition coefficient (Wildman–Crippen LogP) is 2.12. The van der Waals surface area contributed by atoms with Crippen molar-refractivity contribution in [3.8, 4) is 5.75 Å². The van der Waals surface area contributed by atoms with Crippen LogP contribution in [0.4, 0.5) is 0 Å². The first kappa shape index (κ1) is 20.1. The Morgan fingerprint density at radius 1 is 1.29 bits per heavy atom. The molecule has 1 saturated heterocycles. The van der Waals surface area contributed by atoms with Gasteiger partial charge in [0.25, 0.3) is 5.56 Å². The molecule has 2 aliphatic heterocycles. The number of rotatable bonds is 5. The third-order valence-corrected chi connectivity index (χ3v) is 6.94. The van der Waals surface area contributed by atoms with Crippen LogP contribution < -0.4 is 15.2 Å². The Morgan fingerprint density at radius 3 is 2.79 bits per heavy atom. The summed E-state index contributed by atoms with van der Waals surface area (Å²) in [5.74, 6) is 1.61. The normalized spacial score (nSPS) is 24.5. The zero-order chi connectivity index (χ0) is 19.8. The first-order chi connectivity index (χ1) is 13.4. The second kappa shape index (κ2) is 8.30. The van der Waals surface area contributed by atoms with E-state index in [1.54, 1.807) is 6.07 Å². The van der Waals surface area contributed by atoms with Gasteiger partial charge in [0.1, 0.15) is 25.0 Å². The van der Waals surface area contributed by atoms with Crippen molar-refractivity contribution in [2.45, 2.75) is 31.9 Å². The number of likely N-dealkylation sites (tertiary alicyclic amines) is 1. The number of aliphatic hydroxyl groups excluding tert-OH is 1. The zero-order valence-electron chi connectivity index (χ0n) is 15.8. The van der Waals surface area contributed by atoms with Gasteiger partial charge in [-0.1, -0.05) is 6.07 Å². The van der Waals surface area contributed by atoms with E-state index in [1.165, 1.54) is 4.90 Å². The molecule has 0 amide bonds. The highest BCUT2D eigenvalue weighted by atomic mass is 79.9. The molecule has 4 atom stereocenters. The quantitative estimate of drug-likeness (QED) is 0.645. The monoisotopic (exact) mass is 511 g/mol. The lowest BCUT2D eigenvalue weighted by Crippen LogP contribution is -3.15. The number of quaternary nitrogens is 1. The minimum Gasteiger partial charge on any atom is -0.488 e. The van der Waals surface area contributed by atoms with Crippen LogP contribution in [-0.4, -0.2) is 42.0 Å². The molecule has 3 heterocycles. The highest BCUT2D eigenvalue weighted by Gasteiger charge is 2.37. The van der Waals surface area contributed by atoms with Gasteiger partial charge in [-0.2, -0.15) is 0 Å². The van der Waals surface area contributed by atoms with Crippen LogP contribution in [-0.2, 0) is 6.54 Å². The number of hydrogen-bond donors (Lipinski definition) is 2. The SMILES string of the molecule is Cc1cc(Br)c(OCC(O)C[NH+]2C[C@@H]3C[C@H](C2)c2cccc(=O)n2C3)c(Br)c1. The van der Waals surface area contributed by atoms with Gasteiger partial charge in [-0.25, -0.2) is 0 Å². The fraction of sp³-hybridized carbons (Fsp3) is 0.476. The second-order valence-electron chi connectivity index (χ2n) is 8.08. The lowest BCUT2D eigenvalue weighted by atomic mass is 9.83. The van der Waals surface area contributed by atoms with Crippen LogP contribution in [0.3, 0.4) is 0 Å². The van der Waals surface area contributed by atoms with Gasteiger partial charge in [0, 0.05) is 30.1 Å². The van der Waals surface area contributed by atoms with Gasteiger partial charge in [-0.05, 0) is 69.0 Å². The summed E-state index contributed by atoms with van der Waals surface area (Å²) >= 11 is 7.06. The summed E-state index contributed by atoms with van der Waals surface area (Å²) in [5, 5.41) is 10.6. The van der Waals surface area contributed by atoms with E-state index >= 15 is 0 Å². The number of aliphatic hydroxyl groups is 1. The summed E-state index contributed by atoms with van der Waals surface area (Å²) in [6, 6.07) is 9.60. The average Bonchev–Trinajstić information content (AvgIpc) is 2.61. The zero-order valence-corrected chi connectivity index (χ0v) is 19.0. The Hall–Kier alpha value is -1.15. The fourth-order valence-electron chi connectivity index (χ4n) is 4.68. The van der Waals surface area contributed by atoms with E-state index in [4.69, 9.17) is 4.74 Å². The van der Waals surface area contributed by atoms with Crippen LogP contribution in [0.2, 0.25) is 0 Å². The number of aromatic nitrogens is 1. The molecule has 2 aromatic rings. The Kier molecular flexibility index (Phi) is 5.97. The summed E-state index contributed by atoms with van der Waals surface area (Å²) in [6.07, 6.45) is 0.606. The van der Waals surface area contributed by atoms with E-state index in [1.807, 2.05) is 29.7 Å². The molecule has 1 fully saturated rings. The molecule has 2 bridgehead atoms. The molecule has 0 saturated carbocycles. The van der Waals surface area contributed by atoms with Crippen molar-refractivity contribution in [3.05, 3.63) is 60.9 Å². The maximum absolute atomic E-state index is 12.1. The van der Waals surface area contributed by atoms with Gasteiger partial charge in [0.15, 0.2) is 0 Å². The standard InChI is InChI=1S/C21H24Br2N2O3/c1-13-5-17(22)21(18(23)6-13)28-12-16(26)11-24-8-14-7-15(10-24)19-3-2-4-20(27)25(19)9-14/h2-6,14-16,26H,7-12H2,1H3/p+1/t14-,15+,16?/m0/s1. The summed E-state index contributed by atoms with van der Waals surface area (Å²) in [6.45, 7) is 5.68. The topological polar surface area (TPSA) is 55.9 Å². The molecule has 1 aromatic carbocycles. The number of nitrogens with zero attached hydrogens (tertiary/aromatic N) is 1. The molecular formula is C21H25Br2N2O3+. The van der Waals surface area contributed by atoms with E-state index in [0.717, 1.165) is 52.0 Å². The van der Waals surface area contributed by atoms with Crippen molar-refractivity contribution in [2.24, 2.45) is 5.92 Å². The van der Waals surface area contributed by atoms with Gasteiger partial charge >= 0.3 is 0 Å². The van der Waals surface area contributed by atoms with Crippen LogP contribution >= 0.6 is 31.9 Å². The maximum Gasteiger partial charge on any atom is 0.250 e. The lowest BCUT2D eigenvalue weighted by molar-refractivity contribution is -0.914. The van der Waals surface area contributed by atoms with Crippen molar-refractivity contribution >= 4 is 31.9 Å². The number of nitrogens with one attached hydrogen (secondary N) is 1. The molecule has 1 aromatic heterocycles. The molecule has 150 valence electrons. The summed E-state index contributed by atoms with van der Waals surface area (Å²) in [4.78, 5) is 13.5. The predicted molar refractivity (Wildman–Crippen MR) is 115 cm³/mol. The van der Waals surface area contributed by atoms with Crippen LogP contribution in [0.1, 0.15) is 23.6 Å². The number of piperidine rings is 1. The van der Waals surface area contributed by atoms with Gasteiger partial charge in [-0.15, -0.1) is 0 Å². The molecule has 7 heteroatoms. The Morgan fingerprint density at radius 2 is 2.04 bits per heavy atom. The number of pyridine rings is 1. The maximum atomic E-state index is 12.1. The van der Waals surface area contributed by atoms with Crippen molar-refractivity contribution < 1.29 is 14.7 Å². The van der Waals surface area contributed by atoms with Crippen molar-refractivity contribution in [3.63, 3.8) is 0 Å². The van der Waals surface area contributed by atoms with Gasteiger partial charge in [0.2, 0.25) is 0 Å². The molecule has 0 aliphatic carbocycles. The molecular weight excluding hydrogens is 488 g/mol. The molecule has 2 unspecified atom stereocenters. The van der Waals surface area contributed by atoms with Crippen LogP contribution in [0.5, 0.6) is 5.75 Å². The van der Waals surface area contributed by atoms with Crippen molar-refractivity contribution in [2.75, 3.05) is 26.2 Å². The Bertz CT molecular complexity index is 907. The molecule has 2 aliphatic rings. The van der Waals surface area contributed by atoms with Gasteiger partial charge in [-0.3, -0.25) is 4.79 Å². The summed E-state index contributed by atoms with van der Waals surface area (Å²) < 4.78 is 9.60. The van der Waals surface area contributed by atoms with E-state index < -0.39 is 6.10 Å². The molecule has 4 rings (SSSR count). The lowest BCUT2D eigenvalue weighted by Gasteiger charge is -2.40. The first-order valence-corrected chi connectivity index (χ1v) is 11.3. The van der Waals surface area contributed by atoms with Crippen LogP contribution in [0.15, 0.2) is 44.1 Å². The van der Waals surface area contributed by atoms with Crippen molar-refractivity contribution in [1.29, 1.82) is 0 Å². The number of benzene rings is 1. The third-order valence-electron chi connectivity index (χ3n) is 5.76. The minimum absolute atomic E-state index is 0.110. The highest BCUT2D eigenvalue weighted by molar-refractivity contribution is 9.11. The van der Waals surface area contributed by atoms with E-state index in [9.17, 15) is 9.90 Å². The first-order valence-electron chi connectivity index (χ1n) is 9.70. The Balaban J connectivity index is 1.37. The Labute approximate surface area is 181 Å². The van der Waals surface area contributed by atoms with E-state index in [2.05, 4.69) is 37.9 Å². The third kappa shape index (κ3) is 4.22. The number of halogens is 2. The average molecular weight is 513 g/mol. The van der Waals surface area contributed by atoms with E-state index in [0.29, 0.717) is 18.4 Å². The number of aryl methyl sites for hydroxylation is 1. The summed E-state index contributed by atoms with van der Waals surface area (Å²) in [5.41, 5.74) is 2.40. The second-order valence-corrected chi connectivity index (χ2v) is 9.79. The van der Waals surface area contributed by atoms with Crippen molar-refractivity contribution in [1.82, 2.24) is 4.57 Å². The number of hydrogen-bond acceptors (Lipinski definition) is 3. The number of fused-ring (bicyclic) bond motifs is 4. The molecule has 0 spiro atoms. The minimum atomic E-state index is -0.535. The van der Waals surface area contributed by atoms with Gasteiger partial charge < -0.3 is 19.3 Å². The smallest absolute Gasteiger partial charge is 0.250 e. The number of ether oxygens (including phenoxy) is 1.